The summed E-state index contributed by atoms with van der Waals surface area (Å²) < 4.78 is 0. The Bertz CT molecular complexity index is 436. The zero-order valence-electron chi connectivity index (χ0n) is 12.6. The largest absolute Gasteiger partial charge is 0.308 e. The van der Waals surface area contributed by atoms with Gasteiger partial charge in [0.1, 0.15) is 0 Å². The minimum atomic E-state index is 0.0658. The van der Waals surface area contributed by atoms with Crippen LogP contribution in [0.1, 0.15) is 33.3 Å². The maximum atomic E-state index is 3.69. The van der Waals surface area contributed by atoms with Gasteiger partial charge in [0.15, 0.2) is 0 Å². The maximum Gasteiger partial charge on any atom is 0.0561 e. The van der Waals surface area contributed by atoms with E-state index in [1.165, 1.54) is 5.56 Å². The molecule has 2 nitrogen and oxygen atoms in total. The van der Waals surface area contributed by atoms with Crippen LogP contribution in [0.5, 0.6) is 0 Å². The lowest BCUT2D eigenvalue weighted by Crippen LogP contribution is -2.65. The lowest BCUT2D eigenvalue weighted by Gasteiger charge is -2.51. The summed E-state index contributed by atoms with van der Waals surface area (Å²) >= 11 is 0. The predicted molar refractivity (Wildman–Crippen MR) is 82.3 cm³/mol. The van der Waals surface area contributed by atoms with Crippen LogP contribution >= 0.6 is 0 Å². The topological polar surface area (TPSA) is 15.3 Å². The van der Waals surface area contributed by atoms with Gasteiger partial charge in [0, 0.05) is 25.2 Å². The Balaban J connectivity index is 2.30. The molecule has 0 saturated carbocycles. The zero-order chi connectivity index (χ0) is 13.9. The van der Waals surface area contributed by atoms with Gasteiger partial charge in [-0.15, -0.1) is 0 Å². The molecule has 1 unspecified atom stereocenters. The van der Waals surface area contributed by atoms with Gasteiger partial charge in [-0.2, -0.15) is 0 Å². The molecule has 0 radical (unpaired) electrons. The van der Waals surface area contributed by atoms with Gasteiger partial charge >= 0.3 is 0 Å². The first-order chi connectivity index (χ1) is 8.98. The first kappa shape index (κ1) is 14.3. The molecule has 104 valence electrons. The van der Waals surface area contributed by atoms with Crippen molar-refractivity contribution in [2.75, 3.05) is 19.6 Å². The first-order valence-electron chi connectivity index (χ1n) is 7.15. The van der Waals surface area contributed by atoms with Gasteiger partial charge in [-0.05, 0) is 33.3 Å². The highest BCUT2D eigenvalue weighted by Crippen LogP contribution is 2.32. The summed E-state index contributed by atoms with van der Waals surface area (Å²) in [5.41, 5.74) is 1.63. The van der Waals surface area contributed by atoms with Crippen LogP contribution in [0.2, 0.25) is 0 Å². The molecule has 0 aromatic heterocycles. The predicted octanol–water partition coefficient (Wildman–Crippen LogP) is 3.16. The van der Waals surface area contributed by atoms with Crippen molar-refractivity contribution in [2.45, 2.75) is 38.8 Å². The molecule has 2 heteroatoms. The molecule has 19 heavy (non-hydrogen) atoms. The lowest BCUT2D eigenvalue weighted by atomic mass is 9.84. The second kappa shape index (κ2) is 5.48. The maximum absolute atomic E-state index is 3.69. The number of piperazine rings is 1. The van der Waals surface area contributed by atoms with Crippen molar-refractivity contribution >= 4 is 0 Å². The van der Waals surface area contributed by atoms with Crippen molar-refractivity contribution in [3.05, 3.63) is 48.0 Å². The van der Waals surface area contributed by atoms with Crippen LogP contribution in [0, 0.1) is 0 Å². The Morgan fingerprint density at radius 3 is 2.53 bits per heavy atom. The van der Waals surface area contributed by atoms with Crippen LogP contribution in [0.15, 0.2) is 42.5 Å². The second-order valence-electron chi connectivity index (χ2n) is 6.33. The Hall–Kier alpha value is -1.12. The van der Waals surface area contributed by atoms with Crippen LogP contribution in [-0.4, -0.2) is 30.1 Å². The molecule has 0 amide bonds. The van der Waals surface area contributed by atoms with E-state index in [0.717, 1.165) is 19.6 Å². The van der Waals surface area contributed by atoms with E-state index in [4.69, 9.17) is 0 Å². The van der Waals surface area contributed by atoms with Crippen LogP contribution in [0.4, 0.5) is 0 Å². The van der Waals surface area contributed by atoms with Crippen LogP contribution in [-0.2, 0) is 5.54 Å². The summed E-state index contributed by atoms with van der Waals surface area (Å²) in [7, 11) is 0. The fourth-order valence-electron chi connectivity index (χ4n) is 2.81. The highest BCUT2D eigenvalue weighted by molar-refractivity contribution is 5.26. The number of rotatable bonds is 3. The summed E-state index contributed by atoms with van der Waals surface area (Å²) in [5, 5.41) is 3.69. The van der Waals surface area contributed by atoms with Gasteiger partial charge in [-0.25, -0.2) is 0 Å². The summed E-state index contributed by atoms with van der Waals surface area (Å²) in [6, 6.07) is 10.8. The molecule has 1 fully saturated rings. The highest BCUT2D eigenvalue weighted by atomic mass is 15.3. The summed E-state index contributed by atoms with van der Waals surface area (Å²) in [6.45, 7) is 12.0. The van der Waals surface area contributed by atoms with E-state index >= 15 is 0 Å². The second-order valence-corrected chi connectivity index (χ2v) is 6.33. The summed E-state index contributed by atoms with van der Waals surface area (Å²) in [5.74, 6) is 0. The van der Waals surface area contributed by atoms with E-state index < -0.39 is 0 Å². The Kier molecular flexibility index (Phi) is 4.12. The monoisotopic (exact) mass is 258 g/mol. The van der Waals surface area contributed by atoms with Crippen molar-refractivity contribution in [3.63, 3.8) is 0 Å². The third-order valence-corrected chi connectivity index (χ3v) is 4.15. The van der Waals surface area contributed by atoms with Crippen LogP contribution in [0.25, 0.3) is 0 Å². The SMILES string of the molecule is C/C=C/CN1CC(C)(C)NCC1(C)c1ccccc1. The van der Waals surface area contributed by atoms with Crippen molar-refractivity contribution < 1.29 is 0 Å². The minimum absolute atomic E-state index is 0.0658. The number of hydrogen-bond acceptors (Lipinski definition) is 2. The Morgan fingerprint density at radius 2 is 1.89 bits per heavy atom. The molecular formula is C17H26N2. The van der Waals surface area contributed by atoms with Gasteiger partial charge in [0.05, 0.1) is 5.54 Å². The number of nitrogens with zero attached hydrogens (tertiary/aromatic N) is 1. The smallest absolute Gasteiger partial charge is 0.0561 e. The van der Waals surface area contributed by atoms with Crippen molar-refractivity contribution in [3.8, 4) is 0 Å². The van der Waals surface area contributed by atoms with Gasteiger partial charge in [-0.3, -0.25) is 4.90 Å². The molecule has 2 rings (SSSR count). The van der Waals surface area contributed by atoms with Crippen LogP contribution < -0.4 is 5.32 Å². The molecule has 0 aliphatic carbocycles. The van der Waals surface area contributed by atoms with Crippen molar-refractivity contribution in [1.29, 1.82) is 0 Å². The molecule has 1 N–H and O–H groups in total. The van der Waals surface area contributed by atoms with E-state index in [1.54, 1.807) is 0 Å². The summed E-state index contributed by atoms with van der Waals surface area (Å²) in [6.07, 6.45) is 4.39. The number of hydrogen-bond donors (Lipinski definition) is 1. The fraction of sp³-hybridized carbons (Fsp3) is 0.529. The van der Waals surface area contributed by atoms with Gasteiger partial charge in [0.2, 0.25) is 0 Å². The Labute approximate surface area is 117 Å². The number of allylic oxidation sites excluding steroid dienone is 1. The molecule has 1 aliphatic rings. The molecule has 1 atom stereocenters. The zero-order valence-corrected chi connectivity index (χ0v) is 12.6. The van der Waals surface area contributed by atoms with Crippen molar-refractivity contribution in [1.82, 2.24) is 10.2 Å². The normalized spacial score (nSPS) is 27.8. The number of nitrogens with one attached hydrogen (secondary N) is 1. The molecule has 1 aromatic carbocycles. The lowest BCUT2D eigenvalue weighted by molar-refractivity contribution is 0.0346. The Morgan fingerprint density at radius 1 is 1.21 bits per heavy atom. The third-order valence-electron chi connectivity index (χ3n) is 4.15. The van der Waals surface area contributed by atoms with E-state index in [-0.39, 0.29) is 11.1 Å². The van der Waals surface area contributed by atoms with Gasteiger partial charge in [0.25, 0.3) is 0 Å². The molecule has 1 heterocycles. The van der Waals surface area contributed by atoms with E-state index in [0.29, 0.717) is 0 Å². The quantitative estimate of drug-likeness (QED) is 0.838. The minimum Gasteiger partial charge on any atom is -0.308 e. The number of benzene rings is 1. The molecular weight excluding hydrogens is 232 g/mol. The average molecular weight is 258 g/mol. The first-order valence-corrected chi connectivity index (χ1v) is 7.15. The average Bonchev–Trinajstić information content (AvgIpc) is 2.41. The van der Waals surface area contributed by atoms with Crippen LogP contribution in [0.3, 0.4) is 0 Å². The van der Waals surface area contributed by atoms with Crippen molar-refractivity contribution in [2.24, 2.45) is 0 Å². The molecule has 0 bridgehead atoms. The van der Waals surface area contributed by atoms with Gasteiger partial charge < -0.3 is 5.32 Å². The standard InChI is InChI=1S/C17H26N2/c1-5-6-12-19-14-16(2,3)18-13-17(19,4)15-10-8-7-9-11-15/h5-11,18H,12-14H2,1-4H3/b6-5+. The highest BCUT2D eigenvalue weighted by Gasteiger charge is 2.41. The third kappa shape index (κ3) is 3.07. The van der Waals surface area contributed by atoms with E-state index in [9.17, 15) is 0 Å². The molecule has 1 saturated heterocycles. The van der Waals surface area contributed by atoms with E-state index in [1.807, 2.05) is 0 Å². The summed E-state index contributed by atoms with van der Waals surface area (Å²) in [4.78, 5) is 2.58. The van der Waals surface area contributed by atoms with Gasteiger partial charge in [-0.1, -0.05) is 42.5 Å². The molecule has 0 spiro atoms. The molecule has 1 aromatic rings. The van der Waals surface area contributed by atoms with E-state index in [2.05, 4.69) is 80.4 Å². The molecule has 1 aliphatic heterocycles. The fourth-order valence-corrected chi connectivity index (χ4v) is 2.81.